The molecule has 1 atom stereocenters. The van der Waals surface area contributed by atoms with Crippen molar-refractivity contribution in [2.45, 2.75) is 51.5 Å². The third kappa shape index (κ3) is 4.01. The van der Waals surface area contributed by atoms with Gasteiger partial charge < -0.3 is 14.8 Å². The molecule has 1 aliphatic carbocycles. The Morgan fingerprint density at radius 2 is 1.84 bits per heavy atom. The molecule has 2 aliphatic heterocycles. The molecule has 162 valence electrons. The highest BCUT2D eigenvalue weighted by atomic mass is 16.2. The first-order chi connectivity index (χ1) is 15.0. The number of hydrogen-bond acceptors (Lipinski definition) is 4. The first-order valence-corrected chi connectivity index (χ1v) is 11.3. The van der Waals surface area contributed by atoms with Crippen LogP contribution in [0.4, 0.5) is 0 Å². The van der Waals surface area contributed by atoms with Crippen LogP contribution in [0.5, 0.6) is 0 Å². The summed E-state index contributed by atoms with van der Waals surface area (Å²) in [5, 5.41) is 0. The minimum Gasteiger partial charge on any atom is -0.342 e. The van der Waals surface area contributed by atoms with Gasteiger partial charge in [-0.25, -0.2) is 4.98 Å². The number of amides is 2. The number of rotatable bonds is 3. The fraction of sp³-hybridized carbons (Fsp3) is 0.500. The van der Waals surface area contributed by atoms with Crippen LogP contribution in [0.3, 0.4) is 0 Å². The van der Waals surface area contributed by atoms with Crippen molar-refractivity contribution in [1.82, 2.24) is 19.8 Å². The van der Waals surface area contributed by atoms with Crippen LogP contribution in [0, 0.1) is 12.8 Å². The van der Waals surface area contributed by atoms with Gasteiger partial charge in [-0.15, -0.1) is 0 Å². The van der Waals surface area contributed by atoms with Gasteiger partial charge >= 0.3 is 0 Å². The summed E-state index contributed by atoms with van der Waals surface area (Å²) in [4.78, 5) is 49.7. The lowest BCUT2D eigenvalue weighted by Crippen LogP contribution is -2.42. The molecule has 2 fully saturated rings. The van der Waals surface area contributed by atoms with Crippen LogP contribution in [0.15, 0.2) is 29.1 Å². The molecule has 3 aliphatic rings. The summed E-state index contributed by atoms with van der Waals surface area (Å²) < 4.78 is 0. The van der Waals surface area contributed by atoms with Crippen LogP contribution in [-0.2, 0) is 17.8 Å². The van der Waals surface area contributed by atoms with Crippen LogP contribution >= 0.6 is 0 Å². The number of fused-ring (bicyclic) bond motifs is 1. The van der Waals surface area contributed by atoms with E-state index in [0.717, 1.165) is 43.5 Å². The van der Waals surface area contributed by atoms with Gasteiger partial charge in [0, 0.05) is 43.5 Å². The van der Waals surface area contributed by atoms with Crippen LogP contribution in [-0.4, -0.2) is 51.2 Å². The van der Waals surface area contributed by atoms with Gasteiger partial charge in [-0.3, -0.25) is 14.4 Å². The molecule has 0 bridgehead atoms. The third-order valence-electron chi connectivity index (χ3n) is 6.72. The molecule has 7 nitrogen and oxygen atoms in total. The highest BCUT2D eigenvalue weighted by Gasteiger charge is 2.36. The Hall–Kier alpha value is -2.96. The van der Waals surface area contributed by atoms with Gasteiger partial charge in [0.2, 0.25) is 5.91 Å². The summed E-state index contributed by atoms with van der Waals surface area (Å²) >= 11 is 0. The van der Waals surface area contributed by atoms with E-state index >= 15 is 0 Å². The van der Waals surface area contributed by atoms with E-state index in [1.54, 1.807) is 4.90 Å². The monoisotopic (exact) mass is 420 g/mol. The maximum Gasteiger partial charge on any atom is 0.256 e. The Labute approximate surface area is 181 Å². The first-order valence-electron chi connectivity index (χ1n) is 11.3. The molecule has 1 aromatic heterocycles. The molecule has 31 heavy (non-hydrogen) atoms. The van der Waals surface area contributed by atoms with Gasteiger partial charge in [0.05, 0.1) is 17.8 Å². The fourth-order valence-corrected chi connectivity index (χ4v) is 4.68. The molecular weight excluding hydrogens is 392 g/mol. The molecule has 0 radical (unpaired) electrons. The average Bonchev–Trinajstić information content (AvgIpc) is 3.64. The lowest BCUT2D eigenvalue weighted by atomic mass is 9.96. The van der Waals surface area contributed by atoms with Crippen LogP contribution in [0.2, 0.25) is 0 Å². The first kappa shape index (κ1) is 20.0. The third-order valence-corrected chi connectivity index (χ3v) is 6.72. The molecular formula is C24H28N4O3. The summed E-state index contributed by atoms with van der Waals surface area (Å²) in [6.45, 7) is 4.25. The molecule has 0 unspecified atom stereocenters. The van der Waals surface area contributed by atoms with E-state index in [0.29, 0.717) is 36.5 Å². The number of aromatic nitrogens is 2. The minimum atomic E-state index is -0.160. The zero-order valence-electron chi connectivity index (χ0n) is 17.9. The van der Waals surface area contributed by atoms with Gasteiger partial charge in [0.25, 0.3) is 11.5 Å². The van der Waals surface area contributed by atoms with Gasteiger partial charge in [-0.2, -0.15) is 0 Å². The maximum absolute atomic E-state index is 12.9. The fourth-order valence-electron chi connectivity index (χ4n) is 4.68. The zero-order valence-corrected chi connectivity index (χ0v) is 17.9. The Morgan fingerprint density at radius 1 is 1.06 bits per heavy atom. The number of carbonyl (C=O) groups excluding carboxylic acids is 2. The molecule has 2 amide bonds. The van der Waals surface area contributed by atoms with Crippen LogP contribution in [0.25, 0.3) is 0 Å². The molecule has 0 spiro atoms. The van der Waals surface area contributed by atoms with Crippen molar-refractivity contribution in [3.8, 4) is 0 Å². The van der Waals surface area contributed by atoms with Crippen molar-refractivity contribution in [3.63, 3.8) is 0 Å². The minimum absolute atomic E-state index is 0.0596. The molecule has 3 heterocycles. The predicted molar refractivity (Wildman–Crippen MR) is 116 cm³/mol. The van der Waals surface area contributed by atoms with Crippen LogP contribution in [0.1, 0.15) is 64.6 Å². The highest BCUT2D eigenvalue weighted by Crippen LogP contribution is 2.34. The van der Waals surface area contributed by atoms with Gasteiger partial charge in [-0.1, -0.05) is 17.7 Å². The lowest BCUT2D eigenvalue weighted by molar-refractivity contribution is -0.133. The second kappa shape index (κ2) is 7.94. The Morgan fingerprint density at radius 3 is 2.58 bits per heavy atom. The second-order valence-corrected chi connectivity index (χ2v) is 9.12. The lowest BCUT2D eigenvalue weighted by Gasteiger charge is -2.33. The standard InChI is InChI=1S/C24H28N4O3/c1-15-4-6-16(7-5-15)24(31)28-12-10-20-19(14-28)22(29)26-21(25-20)18-3-2-11-27(13-18)23(30)17-8-9-17/h4-7,17-18H,2-3,8-14H2,1H3,(H,25,26,29)/t18-/m0/s1. The number of aryl methyl sites for hydroxylation is 1. The largest absolute Gasteiger partial charge is 0.342 e. The van der Waals surface area contributed by atoms with E-state index in [1.807, 2.05) is 36.1 Å². The van der Waals surface area contributed by atoms with Crippen molar-refractivity contribution in [1.29, 1.82) is 0 Å². The van der Waals surface area contributed by atoms with Crippen molar-refractivity contribution in [3.05, 3.63) is 62.8 Å². The van der Waals surface area contributed by atoms with Crippen molar-refractivity contribution in [2.24, 2.45) is 5.92 Å². The summed E-state index contributed by atoms with van der Waals surface area (Å²) in [6, 6.07) is 7.51. The van der Waals surface area contributed by atoms with Crippen molar-refractivity contribution >= 4 is 11.8 Å². The Balaban J connectivity index is 1.33. The summed E-state index contributed by atoms with van der Waals surface area (Å²) in [5.74, 6) is 1.18. The maximum atomic E-state index is 12.9. The average molecular weight is 421 g/mol. The van der Waals surface area contributed by atoms with E-state index in [4.69, 9.17) is 4.98 Å². The molecule has 1 saturated heterocycles. The van der Waals surface area contributed by atoms with Crippen molar-refractivity contribution in [2.75, 3.05) is 19.6 Å². The molecule has 5 rings (SSSR count). The van der Waals surface area contributed by atoms with E-state index in [-0.39, 0.29) is 35.8 Å². The molecule has 7 heteroatoms. The number of hydrogen-bond donors (Lipinski definition) is 1. The summed E-state index contributed by atoms with van der Waals surface area (Å²) in [6.07, 6.45) is 4.44. The Kier molecular flexibility index (Phi) is 5.12. The van der Waals surface area contributed by atoms with E-state index in [2.05, 4.69) is 4.98 Å². The van der Waals surface area contributed by atoms with E-state index in [9.17, 15) is 14.4 Å². The normalized spacial score (nSPS) is 21.0. The zero-order chi connectivity index (χ0) is 21.5. The summed E-state index contributed by atoms with van der Waals surface area (Å²) in [5.41, 5.74) is 2.95. The number of H-pyrrole nitrogens is 1. The van der Waals surface area contributed by atoms with Crippen LogP contribution < -0.4 is 5.56 Å². The van der Waals surface area contributed by atoms with Gasteiger partial charge in [0.1, 0.15) is 5.82 Å². The number of nitrogens with zero attached hydrogens (tertiary/aromatic N) is 3. The number of carbonyl (C=O) groups is 2. The van der Waals surface area contributed by atoms with Gasteiger partial charge in [0.15, 0.2) is 0 Å². The number of aromatic amines is 1. The van der Waals surface area contributed by atoms with Gasteiger partial charge in [-0.05, 0) is 44.7 Å². The quantitative estimate of drug-likeness (QED) is 0.826. The van der Waals surface area contributed by atoms with Crippen molar-refractivity contribution < 1.29 is 9.59 Å². The Bertz CT molecular complexity index is 1070. The number of piperidine rings is 1. The molecule has 2 aromatic rings. The molecule has 1 aromatic carbocycles. The molecule has 1 saturated carbocycles. The number of benzene rings is 1. The highest BCUT2D eigenvalue weighted by molar-refractivity contribution is 5.94. The SMILES string of the molecule is Cc1ccc(C(=O)N2CCc3nc([C@H]4CCCN(C(=O)C5CC5)C4)[nH]c(=O)c3C2)cc1. The topological polar surface area (TPSA) is 86.4 Å². The number of nitrogens with one attached hydrogen (secondary N) is 1. The van der Waals surface area contributed by atoms with E-state index < -0.39 is 0 Å². The summed E-state index contributed by atoms with van der Waals surface area (Å²) in [7, 11) is 0. The predicted octanol–water partition coefficient (Wildman–Crippen LogP) is 2.39. The second-order valence-electron chi connectivity index (χ2n) is 9.12. The van der Waals surface area contributed by atoms with E-state index in [1.165, 1.54) is 0 Å². The smallest absolute Gasteiger partial charge is 0.256 e. The number of likely N-dealkylation sites (tertiary alicyclic amines) is 1. The molecule has 1 N–H and O–H groups in total.